The molecule has 6 nitrogen and oxygen atoms in total. The summed E-state index contributed by atoms with van der Waals surface area (Å²) >= 11 is 1.84. The van der Waals surface area contributed by atoms with E-state index in [0.717, 1.165) is 17.9 Å². The number of nitrogens with one attached hydrogen (secondary N) is 1. The highest BCUT2D eigenvalue weighted by Crippen LogP contribution is 2.38. The number of anilines is 1. The number of benzene rings is 1. The average molecular weight is 284 g/mol. The zero-order chi connectivity index (χ0) is 13.8. The average Bonchev–Trinajstić information content (AvgIpc) is 2.90. The van der Waals surface area contributed by atoms with Crippen molar-refractivity contribution in [3.8, 4) is 11.5 Å². The first kappa shape index (κ1) is 13.8. The predicted molar refractivity (Wildman–Crippen MR) is 75.6 cm³/mol. The zero-order valence-corrected chi connectivity index (χ0v) is 11.7. The Morgan fingerprint density at radius 2 is 2.05 bits per heavy atom. The van der Waals surface area contributed by atoms with Crippen molar-refractivity contribution in [3.05, 3.63) is 22.2 Å². The van der Waals surface area contributed by atoms with Crippen LogP contribution in [0.1, 0.15) is 6.42 Å². The van der Waals surface area contributed by atoms with Gasteiger partial charge in [0, 0.05) is 17.9 Å². The fourth-order valence-corrected chi connectivity index (χ4v) is 3.16. The monoisotopic (exact) mass is 284 g/mol. The Kier molecular flexibility index (Phi) is 4.36. The largest absolute Gasteiger partial charge is 0.493 e. The molecule has 0 amide bonds. The first-order chi connectivity index (χ1) is 9.15. The smallest absolute Gasteiger partial charge is 0.296 e. The van der Waals surface area contributed by atoms with Crippen molar-refractivity contribution in [2.45, 2.75) is 12.5 Å². The molecular formula is C12H16N2O4S. The van der Waals surface area contributed by atoms with Crippen LogP contribution in [0.25, 0.3) is 0 Å². The molecule has 1 fully saturated rings. The third-order valence-electron chi connectivity index (χ3n) is 2.99. The molecule has 0 aliphatic carbocycles. The molecule has 1 aromatic carbocycles. The summed E-state index contributed by atoms with van der Waals surface area (Å²) in [5.41, 5.74) is 0.490. The summed E-state index contributed by atoms with van der Waals surface area (Å²) in [5, 5.41) is 14.3. The number of hydrogen-bond acceptors (Lipinski definition) is 6. The van der Waals surface area contributed by atoms with E-state index in [1.165, 1.54) is 20.3 Å². The van der Waals surface area contributed by atoms with Gasteiger partial charge in [0.25, 0.3) is 5.69 Å². The van der Waals surface area contributed by atoms with Crippen LogP contribution in [-0.2, 0) is 0 Å². The minimum Gasteiger partial charge on any atom is -0.493 e. The third kappa shape index (κ3) is 3.04. The van der Waals surface area contributed by atoms with Gasteiger partial charge < -0.3 is 14.8 Å². The van der Waals surface area contributed by atoms with E-state index in [2.05, 4.69) is 5.32 Å². The molecule has 7 heteroatoms. The topological polar surface area (TPSA) is 73.6 Å². The number of nitro groups is 1. The van der Waals surface area contributed by atoms with Gasteiger partial charge in [0.05, 0.1) is 25.2 Å². The quantitative estimate of drug-likeness (QED) is 0.661. The first-order valence-corrected chi connectivity index (χ1v) is 7.06. The van der Waals surface area contributed by atoms with Crippen LogP contribution in [0.5, 0.6) is 11.5 Å². The van der Waals surface area contributed by atoms with Crippen LogP contribution in [-0.4, -0.2) is 36.7 Å². The standard InChI is InChI=1S/C12H16N2O4S/c1-17-11-5-9(13-8-3-4-19-7-8)10(14(15)16)6-12(11)18-2/h5-6,8,13H,3-4,7H2,1-2H3. The van der Waals surface area contributed by atoms with E-state index in [4.69, 9.17) is 9.47 Å². The maximum atomic E-state index is 11.1. The molecule has 0 saturated carbocycles. The predicted octanol–water partition coefficient (Wildman–Crippen LogP) is 2.53. The fourth-order valence-electron chi connectivity index (χ4n) is 2.00. The number of nitro benzene ring substituents is 1. The highest BCUT2D eigenvalue weighted by atomic mass is 32.2. The Bertz CT molecular complexity index is 475. The number of thioether (sulfide) groups is 1. The molecule has 104 valence electrons. The van der Waals surface area contributed by atoms with Crippen LogP contribution < -0.4 is 14.8 Å². The van der Waals surface area contributed by atoms with Gasteiger partial charge in [0.15, 0.2) is 11.5 Å². The van der Waals surface area contributed by atoms with E-state index >= 15 is 0 Å². The highest BCUT2D eigenvalue weighted by molar-refractivity contribution is 7.99. The number of ether oxygens (including phenoxy) is 2. The van der Waals surface area contributed by atoms with Crippen LogP contribution in [0.2, 0.25) is 0 Å². The molecule has 1 heterocycles. The highest BCUT2D eigenvalue weighted by Gasteiger charge is 2.23. The van der Waals surface area contributed by atoms with Gasteiger partial charge in [-0.15, -0.1) is 0 Å². The lowest BCUT2D eigenvalue weighted by atomic mass is 10.2. The van der Waals surface area contributed by atoms with Gasteiger partial charge in [0.2, 0.25) is 0 Å². The maximum absolute atomic E-state index is 11.1. The minimum absolute atomic E-state index is 0.00884. The summed E-state index contributed by atoms with van der Waals surface area (Å²) < 4.78 is 10.3. The molecule has 1 aliphatic rings. The van der Waals surface area contributed by atoms with Crippen molar-refractivity contribution in [1.29, 1.82) is 0 Å². The summed E-state index contributed by atoms with van der Waals surface area (Å²) in [7, 11) is 2.97. The number of hydrogen-bond donors (Lipinski definition) is 1. The molecule has 1 aromatic rings. The van der Waals surface area contributed by atoms with Crippen LogP contribution >= 0.6 is 11.8 Å². The van der Waals surface area contributed by atoms with Gasteiger partial charge in [-0.25, -0.2) is 0 Å². The molecule has 1 aliphatic heterocycles. The molecule has 0 spiro atoms. The Morgan fingerprint density at radius 1 is 1.37 bits per heavy atom. The third-order valence-corrected chi connectivity index (χ3v) is 4.15. The molecule has 1 unspecified atom stereocenters. The lowest BCUT2D eigenvalue weighted by molar-refractivity contribution is -0.384. The molecular weight excluding hydrogens is 268 g/mol. The second-order valence-electron chi connectivity index (χ2n) is 4.19. The molecule has 1 atom stereocenters. The van der Waals surface area contributed by atoms with Gasteiger partial charge in [0.1, 0.15) is 5.69 Å². The van der Waals surface area contributed by atoms with E-state index in [0.29, 0.717) is 17.2 Å². The Hall–Kier alpha value is -1.63. The lowest BCUT2D eigenvalue weighted by Gasteiger charge is -2.15. The SMILES string of the molecule is COc1cc(NC2CCSC2)c([N+](=O)[O-])cc1OC. The lowest BCUT2D eigenvalue weighted by Crippen LogP contribution is -2.19. The van der Waals surface area contributed by atoms with Crippen molar-refractivity contribution >= 4 is 23.1 Å². The fraction of sp³-hybridized carbons (Fsp3) is 0.500. The summed E-state index contributed by atoms with van der Waals surface area (Å²) in [6, 6.07) is 3.28. The van der Waals surface area contributed by atoms with E-state index in [-0.39, 0.29) is 11.7 Å². The van der Waals surface area contributed by atoms with E-state index < -0.39 is 4.92 Å². The summed E-state index contributed by atoms with van der Waals surface area (Å²) in [6.07, 6.45) is 1.01. The van der Waals surface area contributed by atoms with Gasteiger partial charge in [-0.05, 0) is 12.2 Å². The Balaban J connectivity index is 2.35. The van der Waals surface area contributed by atoms with Crippen LogP contribution in [0.15, 0.2) is 12.1 Å². The molecule has 0 radical (unpaired) electrons. The second-order valence-corrected chi connectivity index (χ2v) is 5.34. The summed E-state index contributed by atoms with van der Waals surface area (Å²) in [6.45, 7) is 0. The molecule has 1 saturated heterocycles. The van der Waals surface area contributed by atoms with Gasteiger partial charge >= 0.3 is 0 Å². The second kappa shape index (κ2) is 6.01. The number of methoxy groups -OCH3 is 2. The van der Waals surface area contributed by atoms with E-state index in [1.807, 2.05) is 11.8 Å². The van der Waals surface area contributed by atoms with Crippen molar-refractivity contribution in [2.75, 3.05) is 31.0 Å². The van der Waals surface area contributed by atoms with Crippen LogP contribution in [0.3, 0.4) is 0 Å². The molecule has 0 bridgehead atoms. The van der Waals surface area contributed by atoms with Crippen LogP contribution in [0.4, 0.5) is 11.4 Å². The molecule has 2 rings (SSSR count). The molecule has 1 N–H and O–H groups in total. The van der Waals surface area contributed by atoms with E-state index in [1.54, 1.807) is 6.07 Å². The minimum atomic E-state index is -0.410. The molecule has 0 aromatic heterocycles. The van der Waals surface area contributed by atoms with Crippen LogP contribution in [0, 0.1) is 10.1 Å². The Labute approximate surface area is 115 Å². The first-order valence-electron chi connectivity index (χ1n) is 5.90. The number of rotatable bonds is 5. The zero-order valence-electron chi connectivity index (χ0n) is 10.8. The van der Waals surface area contributed by atoms with Crippen molar-refractivity contribution in [3.63, 3.8) is 0 Å². The Morgan fingerprint density at radius 3 is 2.58 bits per heavy atom. The van der Waals surface area contributed by atoms with Gasteiger partial charge in [-0.2, -0.15) is 11.8 Å². The van der Waals surface area contributed by atoms with Crippen molar-refractivity contribution in [1.82, 2.24) is 0 Å². The summed E-state index contributed by atoms with van der Waals surface area (Å²) in [4.78, 5) is 10.7. The van der Waals surface area contributed by atoms with Gasteiger partial charge in [-0.3, -0.25) is 10.1 Å². The molecule has 19 heavy (non-hydrogen) atoms. The normalized spacial score (nSPS) is 18.1. The van der Waals surface area contributed by atoms with Crippen molar-refractivity contribution in [2.24, 2.45) is 0 Å². The van der Waals surface area contributed by atoms with E-state index in [9.17, 15) is 10.1 Å². The number of nitrogens with zero attached hydrogens (tertiary/aromatic N) is 1. The summed E-state index contributed by atoms with van der Waals surface area (Å²) in [5.74, 6) is 2.89. The van der Waals surface area contributed by atoms with Crippen molar-refractivity contribution < 1.29 is 14.4 Å². The van der Waals surface area contributed by atoms with Gasteiger partial charge in [-0.1, -0.05) is 0 Å². The maximum Gasteiger partial charge on any atom is 0.296 e.